The lowest BCUT2D eigenvalue weighted by atomic mass is 10.1. The lowest BCUT2D eigenvalue weighted by molar-refractivity contribution is 0.249. The first-order valence-corrected chi connectivity index (χ1v) is 8.99. The molecule has 1 aromatic heterocycles. The topological polar surface area (TPSA) is 81.4 Å². The molecule has 0 spiro atoms. The molecule has 7 nitrogen and oxygen atoms in total. The molecule has 0 bridgehead atoms. The van der Waals surface area contributed by atoms with Gasteiger partial charge in [-0.1, -0.05) is 12.1 Å². The molecule has 1 aliphatic rings. The Morgan fingerprint density at radius 1 is 1.00 bits per heavy atom. The number of aromatic amines is 2. The summed E-state index contributed by atoms with van der Waals surface area (Å²) in [6, 6.07) is 13.8. The molecule has 1 fully saturated rings. The minimum absolute atomic E-state index is 0.354. The second-order valence-corrected chi connectivity index (χ2v) is 6.75. The van der Waals surface area contributed by atoms with E-state index in [1.165, 1.54) is 5.56 Å². The fraction of sp³-hybridized carbons (Fsp3) is 0.300. The van der Waals surface area contributed by atoms with Gasteiger partial charge < -0.3 is 14.6 Å². The van der Waals surface area contributed by atoms with Crippen molar-refractivity contribution in [2.45, 2.75) is 6.54 Å². The summed E-state index contributed by atoms with van der Waals surface area (Å²) in [6.07, 6.45) is 0. The Balaban J connectivity index is 1.45. The standard InChI is InChI=1S/C20H22N4O3/c1-27-16-4-2-3-14(11-16)13-23-7-9-24(10-8-23)15-5-6-18-17(12-15)19(25)22-20(26)21-18/h2-6,11-12H,7-10,13H2,1H3,(H2,21,22,25,26). The number of hydrogen-bond acceptors (Lipinski definition) is 5. The number of nitrogens with zero attached hydrogens (tertiary/aromatic N) is 2. The number of H-pyrrole nitrogens is 2. The van der Waals surface area contributed by atoms with Crippen molar-refractivity contribution in [1.29, 1.82) is 0 Å². The fourth-order valence-electron chi connectivity index (χ4n) is 3.54. The van der Waals surface area contributed by atoms with Gasteiger partial charge in [-0.05, 0) is 35.9 Å². The van der Waals surface area contributed by atoms with Crippen molar-refractivity contribution in [2.75, 3.05) is 38.2 Å². The molecule has 2 heterocycles. The number of hydrogen-bond donors (Lipinski definition) is 2. The summed E-state index contributed by atoms with van der Waals surface area (Å²) < 4.78 is 5.29. The molecule has 0 radical (unpaired) electrons. The van der Waals surface area contributed by atoms with Crippen molar-refractivity contribution in [3.05, 3.63) is 68.9 Å². The summed E-state index contributed by atoms with van der Waals surface area (Å²) in [5.74, 6) is 0.880. The quantitative estimate of drug-likeness (QED) is 0.732. The Morgan fingerprint density at radius 3 is 2.59 bits per heavy atom. The molecule has 1 aliphatic heterocycles. The molecule has 7 heteroatoms. The van der Waals surface area contributed by atoms with Crippen LogP contribution in [0.1, 0.15) is 5.56 Å². The van der Waals surface area contributed by atoms with Gasteiger partial charge in [0.2, 0.25) is 0 Å². The van der Waals surface area contributed by atoms with Gasteiger partial charge in [-0.3, -0.25) is 14.7 Å². The predicted molar refractivity (Wildman–Crippen MR) is 106 cm³/mol. The third kappa shape index (κ3) is 3.73. The summed E-state index contributed by atoms with van der Waals surface area (Å²) in [5, 5.41) is 0.505. The summed E-state index contributed by atoms with van der Waals surface area (Å²) in [4.78, 5) is 33.0. The molecule has 2 N–H and O–H groups in total. The van der Waals surface area contributed by atoms with Crippen LogP contribution in [0.25, 0.3) is 10.9 Å². The highest BCUT2D eigenvalue weighted by Crippen LogP contribution is 2.21. The smallest absolute Gasteiger partial charge is 0.326 e. The Hall–Kier alpha value is -3.06. The van der Waals surface area contributed by atoms with Gasteiger partial charge in [0, 0.05) is 38.4 Å². The molecule has 27 heavy (non-hydrogen) atoms. The van der Waals surface area contributed by atoms with Gasteiger partial charge in [-0.2, -0.15) is 0 Å². The van der Waals surface area contributed by atoms with Crippen LogP contribution in [0.15, 0.2) is 52.1 Å². The zero-order valence-corrected chi connectivity index (χ0v) is 15.2. The number of methoxy groups -OCH3 is 1. The Kier molecular flexibility index (Phi) is 4.68. The van der Waals surface area contributed by atoms with Gasteiger partial charge in [-0.15, -0.1) is 0 Å². The van der Waals surface area contributed by atoms with Crippen molar-refractivity contribution in [2.24, 2.45) is 0 Å². The van der Waals surface area contributed by atoms with Crippen LogP contribution in [0, 0.1) is 0 Å². The molecule has 140 valence electrons. The number of piperazine rings is 1. The average Bonchev–Trinajstić information content (AvgIpc) is 2.68. The van der Waals surface area contributed by atoms with Crippen molar-refractivity contribution in [1.82, 2.24) is 14.9 Å². The molecule has 0 atom stereocenters. The summed E-state index contributed by atoms with van der Waals surface area (Å²) in [6.45, 7) is 4.55. The van der Waals surface area contributed by atoms with E-state index in [0.717, 1.165) is 44.2 Å². The van der Waals surface area contributed by atoms with Gasteiger partial charge in [0.05, 0.1) is 18.0 Å². The summed E-state index contributed by atoms with van der Waals surface area (Å²) in [7, 11) is 1.68. The predicted octanol–water partition coefficient (Wildman–Crippen LogP) is 1.55. The first-order chi connectivity index (χ1) is 13.1. The Morgan fingerprint density at radius 2 is 1.81 bits per heavy atom. The molecule has 3 aromatic rings. The van der Waals surface area contributed by atoms with Crippen molar-refractivity contribution >= 4 is 16.6 Å². The Bertz CT molecular complexity index is 1060. The van der Waals surface area contributed by atoms with Gasteiger partial charge in [0.15, 0.2) is 0 Å². The van der Waals surface area contributed by atoms with E-state index in [-0.39, 0.29) is 5.56 Å². The van der Waals surface area contributed by atoms with E-state index in [4.69, 9.17) is 4.74 Å². The van der Waals surface area contributed by atoms with Crippen LogP contribution in [0.4, 0.5) is 5.69 Å². The monoisotopic (exact) mass is 366 g/mol. The van der Waals surface area contributed by atoms with Crippen molar-refractivity contribution < 1.29 is 4.74 Å². The normalized spacial score (nSPS) is 15.2. The molecule has 0 aliphatic carbocycles. The second-order valence-electron chi connectivity index (χ2n) is 6.75. The lowest BCUT2D eigenvalue weighted by Gasteiger charge is -2.36. The minimum atomic E-state index is -0.480. The number of nitrogens with one attached hydrogen (secondary N) is 2. The maximum atomic E-state index is 12.0. The van der Waals surface area contributed by atoms with Crippen LogP contribution in [0.3, 0.4) is 0 Å². The first kappa shape index (κ1) is 17.4. The zero-order valence-electron chi connectivity index (χ0n) is 15.2. The zero-order chi connectivity index (χ0) is 18.8. The van der Waals surface area contributed by atoms with Crippen LogP contribution in [-0.2, 0) is 6.54 Å². The summed E-state index contributed by atoms with van der Waals surface area (Å²) >= 11 is 0. The molecule has 4 rings (SSSR count). The highest BCUT2D eigenvalue weighted by atomic mass is 16.5. The SMILES string of the molecule is COc1cccc(CN2CCN(c3ccc4[nH]c(=O)[nH]c(=O)c4c3)CC2)c1. The number of fused-ring (bicyclic) bond motifs is 1. The van der Waals surface area contributed by atoms with E-state index in [9.17, 15) is 9.59 Å². The number of benzene rings is 2. The number of aromatic nitrogens is 2. The fourth-order valence-corrected chi connectivity index (χ4v) is 3.54. The maximum Gasteiger partial charge on any atom is 0.326 e. The average molecular weight is 366 g/mol. The van der Waals surface area contributed by atoms with Crippen molar-refractivity contribution in [3.8, 4) is 5.75 Å². The molecule has 0 saturated carbocycles. The van der Waals surface area contributed by atoms with Gasteiger partial charge in [0.25, 0.3) is 5.56 Å². The van der Waals surface area contributed by atoms with E-state index in [1.54, 1.807) is 13.2 Å². The van der Waals surface area contributed by atoms with E-state index in [2.05, 4.69) is 31.9 Å². The highest BCUT2D eigenvalue weighted by molar-refractivity contribution is 5.81. The van der Waals surface area contributed by atoms with Crippen molar-refractivity contribution in [3.63, 3.8) is 0 Å². The van der Waals surface area contributed by atoms with Crippen LogP contribution in [0.5, 0.6) is 5.75 Å². The summed E-state index contributed by atoms with van der Waals surface area (Å²) in [5.41, 5.74) is 1.97. The van der Waals surface area contributed by atoms with Gasteiger partial charge in [-0.25, -0.2) is 4.79 Å². The lowest BCUT2D eigenvalue weighted by Crippen LogP contribution is -2.46. The van der Waals surface area contributed by atoms with Gasteiger partial charge in [0.1, 0.15) is 5.75 Å². The van der Waals surface area contributed by atoms with Gasteiger partial charge >= 0.3 is 5.69 Å². The maximum absolute atomic E-state index is 12.0. The second kappa shape index (κ2) is 7.28. The third-order valence-electron chi connectivity index (χ3n) is 5.00. The van der Waals surface area contributed by atoms with Crippen LogP contribution < -0.4 is 20.9 Å². The van der Waals surface area contributed by atoms with Crippen LogP contribution in [-0.4, -0.2) is 48.2 Å². The van der Waals surface area contributed by atoms with E-state index >= 15 is 0 Å². The molecule has 2 aromatic carbocycles. The molecular formula is C20H22N4O3. The molecular weight excluding hydrogens is 344 g/mol. The first-order valence-electron chi connectivity index (χ1n) is 8.99. The largest absolute Gasteiger partial charge is 0.497 e. The molecule has 0 unspecified atom stereocenters. The third-order valence-corrected chi connectivity index (χ3v) is 5.00. The number of rotatable bonds is 4. The number of ether oxygens (including phenoxy) is 1. The van der Waals surface area contributed by atoms with E-state index in [0.29, 0.717) is 10.9 Å². The highest BCUT2D eigenvalue weighted by Gasteiger charge is 2.18. The minimum Gasteiger partial charge on any atom is -0.497 e. The van der Waals surface area contributed by atoms with E-state index in [1.807, 2.05) is 24.3 Å². The van der Waals surface area contributed by atoms with Crippen LogP contribution >= 0.6 is 0 Å². The number of anilines is 1. The Labute approximate surface area is 156 Å². The van der Waals surface area contributed by atoms with Crippen LogP contribution in [0.2, 0.25) is 0 Å². The molecule has 1 saturated heterocycles. The van der Waals surface area contributed by atoms with E-state index < -0.39 is 5.69 Å². The molecule has 0 amide bonds.